The third kappa shape index (κ3) is 3.70. The molecule has 0 aliphatic carbocycles. The van der Waals surface area contributed by atoms with Gasteiger partial charge >= 0.3 is 0 Å². The van der Waals surface area contributed by atoms with Crippen molar-refractivity contribution in [2.45, 2.75) is 53.4 Å². The van der Waals surface area contributed by atoms with Gasteiger partial charge in [-0.3, -0.25) is 9.58 Å². The molecule has 2 aromatic rings. The van der Waals surface area contributed by atoms with Gasteiger partial charge in [0.25, 0.3) is 0 Å². The Morgan fingerprint density at radius 2 is 2.11 bits per heavy atom. The highest BCUT2D eigenvalue weighted by atomic mass is 16.3. The van der Waals surface area contributed by atoms with Crippen molar-refractivity contribution in [3.63, 3.8) is 0 Å². The third-order valence-corrected chi connectivity index (χ3v) is 3.28. The van der Waals surface area contributed by atoms with Crippen LogP contribution in [0.5, 0.6) is 0 Å². The van der Waals surface area contributed by atoms with Gasteiger partial charge in [0.1, 0.15) is 11.5 Å². The Kier molecular flexibility index (Phi) is 4.43. The quantitative estimate of drug-likeness (QED) is 0.800. The van der Waals surface area contributed by atoms with Crippen molar-refractivity contribution >= 4 is 0 Å². The molecular weight excluding hydrogens is 238 g/mol. The van der Waals surface area contributed by atoms with E-state index in [1.807, 2.05) is 23.9 Å². The first-order chi connectivity index (χ1) is 9.08. The van der Waals surface area contributed by atoms with Crippen LogP contribution in [0.1, 0.15) is 37.9 Å². The van der Waals surface area contributed by atoms with Gasteiger partial charge in [0.2, 0.25) is 0 Å². The van der Waals surface area contributed by atoms with Crippen LogP contribution >= 0.6 is 0 Å². The van der Waals surface area contributed by atoms with Crippen molar-refractivity contribution in [3.8, 4) is 0 Å². The molecule has 2 rings (SSSR count). The minimum absolute atomic E-state index is 0.468. The van der Waals surface area contributed by atoms with Crippen LogP contribution in [0.4, 0.5) is 0 Å². The van der Waals surface area contributed by atoms with E-state index in [2.05, 4.69) is 43.0 Å². The second kappa shape index (κ2) is 6.06. The van der Waals surface area contributed by atoms with Crippen LogP contribution in [-0.4, -0.2) is 20.7 Å². The van der Waals surface area contributed by atoms with Gasteiger partial charge in [-0.1, -0.05) is 0 Å². The zero-order valence-electron chi connectivity index (χ0n) is 12.3. The van der Waals surface area contributed by atoms with Crippen molar-refractivity contribution in [1.29, 1.82) is 0 Å². The van der Waals surface area contributed by atoms with Crippen molar-refractivity contribution in [2.24, 2.45) is 0 Å². The SMILES string of the molecule is CCn1cc(CN(Cc2ccc(C)o2)C(C)C)cn1. The Morgan fingerprint density at radius 3 is 2.63 bits per heavy atom. The first kappa shape index (κ1) is 13.9. The molecular formula is C15H23N3O. The molecule has 0 aromatic carbocycles. The second-order valence-corrected chi connectivity index (χ2v) is 5.22. The number of aryl methyl sites for hydroxylation is 2. The average Bonchev–Trinajstić information content (AvgIpc) is 2.97. The van der Waals surface area contributed by atoms with Gasteiger partial charge in [0.15, 0.2) is 0 Å². The first-order valence-corrected chi connectivity index (χ1v) is 6.89. The van der Waals surface area contributed by atoms with Gasteiger partial charge in [-0.2, -0.15) is 5.10 Å². The molecule has 0 saturated carbocycles. The number of furan rings is 1. The molecule has 0 bridgehead atoms. The maximum absolute atomic E-state index is 5.67. The molecule has 0 fully saturated rings. The van der Waals surface area contributed by atoms with Gasteiger partial charge in [0.05, 0.1) is 12.7 Å². The van der Waals surface area contributed by atoms with Gasteiger partial charge in [-0.05, 0) is 39.8 Å². The molecule has 0 N–H and O–H groups in total. The number of aromatic nitrogens is 2. The molecule has 104 valence electrons. The highest BCUT2D eigenvalue weighted by Gasteiger charge is 2.13. The molecule has 0 atom stereocenters. The van der Waals surface area contributed by atoms with Crippen molar-refractivity contribution in [2.75, 3.05) is 0 Å². The lowest BCUT2D eigenvalue weighted by atomic mass is 10.2. The fourth-order valence-electron chi connectivity index (χ4n) is 2.09. The van der Waals surface area contributed by atoms with Crippen molar-refractivity contribution < 1.29 is 4.42 Å². The number of rotatable bonds is 6. The lowest BCUT2D eigenvalue weighted by Crippen LogP contribution is -2.29. The van der Waals surface area contributed by atoms with Crippen LogP contribution in [0.2, 0.25) is 0 Å². The summed E-state index contributed by atoms with van der Waals surface area (Å²) in [4.78, 5) is 2.38. The van der Waals surface area contributed by atoms with Crippen LogP contribution in [0.15, 0.2) is 28.9 Å². The number of hydrogen-bond donors (Lipinski definition) is 0. The summed E-state index contributed by atoms with van der Waals surface area (Å²) in [6, 6.07) is 4.54. The van der Waals surface area contributed by atoms with E-state index < -0.39 is 0 Å². The molecule has 0 aliphatic heterocycles. The van der Waals surface area contributed by atoms with E-state index in [4.69, 9.17) is 4.42 Å². The predicted octanol–water partition coefficient (Wildman–Crippen LogP) is 3.22. The highest BCUT2D eigenvalue weighted by molar-refractivity contribution is 5.07. The zero-order valence-corrected chi connectivity index (χ0v) is 12.3. The molecule has 19 heavy (non-hydrogen) atoms. The maximum Gasteiger partial charge on any atom is 0.118 e. The minimum Gasteiger partial charge on any atom is -0.465 e. The Hall–Kier alpha value is -1.55. The zero-order chi connectivity index (χ0) is 13.8. The van der Waals surface area contributed by atoms with E-state index >= 15 is 0 Å². The summed E-state index contributed by atoms with van der Waals surface area (Å²) in [6.45, 7) is 11.1. The third-order valence-electron chi connectivity index (χ3n) is 3.28. The topological polar surface area (TPSA) is 34.2 Å². The fourth-order valence-corrected chi connectivity index (χ4v) is 2.09. The van der Waals surface area contributed by atoms with E-state index in [-0.39, 0.29) is 0 Å². The van der Waals surface area contributed by atoms with Crippen molar-refractivity contribution in [3.05, 3.63) is 41.6 Å². The molecule has 2 aromatic heterocycles. The van der Waals surface area contributed by atoms with Gasteiger partial charge in [-0.25, -0.2) is 0 Å². The van der Waals surface area contributed by atoms with Crippen LogP contribution < -0.4 is 0 Å². The fraction of sp³-hybridized carbons (Fsp3) is 0.533. The normalized spacial score (nSPS) is 11.7. The van der Waals surface area contributed by atoms with E-state index in [1.54, 1.807) is 0 Å². The predicted molar refractivity (Wildman–Crippen MR) is 75.7 cm³/mol. The van der Waals surface area contributed by atoms with Crippen LogP contribution in [-0.2, 0) is 19.6 Å². The van der Waals surface area contributed by atoms with E-state index in [0.29, 0.717) is 6.04 Å². The standard InChI is InChI=1S/C15H23N3O/c1-5-18-10-14(8-16-18)9-17(12(2)3)11-15-7-6-13(4)19-15/h6-8,10,12H,5,9,11H2,1-4H3. The molecule has 0 saturated heterocycles. The molecule has 2 heterocycles. The van der Waals surface area contributed by atoms with Crippen LogP contribution in [0, 0.1) is 6.92 Å². The molecule has 0 radical (unpaired) electrons. The van der Waals surface area contributed by atoms with Gasteiger partial charge in [0, 0.05) is 30.9 Å². The van der Waals surface area contributed by atoms with Gasteiger partial charge in [-0.15, -0.1) is 0 Å². The molecule has 0 aliphatic rings. The number of nitrogens with zero attached hydrogens (tertiary/aromatic N) is 3. The summed E-state index contributed by atoms with van der Waals surface area (Å²) >= 11 is 0. The largest absolute Gasteiger partial charge is 0.465 e. The summed E-state index contributed by atoms with van der Waals surface area (Å²) < 4.78 is 7.63. The molecule has 0 amide bonds. The van der Waals surface area contributed by atoms with E-state index in [1.165, 1.54) is 5.56 Å². The molecule has 0 unspecified atom stereocenters. The Morgan fingerprint density at radius 1 is 1.32 bits per heavy atom. The summed E-state index contributed by atoms with van der Waals surface area (Å²) in [6.07, 6.45) is 4.06. The molecule has 4 heteroatoms. The Balaban J connectivity index is 2.03. The summed E-state index contributed by atoms with van der Waals surface area (Å²) in [5.74, 6) is 1.99. The van der Waals surface area contributed by atoms with Crippen LogP contribution in [0.25, 0.3) is 0 Å². The summed E-state index contributed by atoms with van der Waals surface area (Å²) in [5.41, 5.74) is 1.25. The molecule has 0 spiro atoms. The second-order valence-electron chi connectivity index (χ2n) is 5.22. The van der Waals surface area contributed by atoms with E-state index in [9.17, 15) is 0 Å². The monoisotopic (exact) mass is 261 g/mol. The highest BCUT2D eigenvalue weighted by Crippen LogP contribution is 2.15. The first-order valence-electron chi connectivity index (χ1n) is 6.89. The summed E-state index contributed by atoms with van der Waals surface area (Å²) in [5, 5.41) is 4.32. The lowest BCUT2D eigenvalue weighted by molar-refractivity contribution is 0.187. The average molecular weight is 261 g/mol. The Bertz CT molecular complexity index is 513. The lowest BCUT2D eigenvalue weighted by Gasteiger charge is -2.24. The summed E-state index contributed by atoms with van der Waals surface area (Å²) in [7, 11) is 0. The molecule has 4 nitrogen and oxygen atoms in total. The van der Waals surface area contributed by atoms with E-state index in [0.717, 1.165) is 31.2 Å². The van der Waals surface area contributed by atoms with Crippen molar-refractivity contribution in [1.82, 2.24) is 14.7 Å². The maximum atomic E-state index is 5.67. The smallest absolute Gasteiger partial charge is 0.118 e. The van der Waals surface area contributed by atoms with Crippen LogP contribution in [0.3, 0.4) is 0 Å². The number of hydrogen-bond acceptors (Lipinski definition) is 3. The van der Waals surface area contributed by atoms with Gasteiger partial charge < -0.3 is 4.42 Å². The Labute approximate surface area is 115 Å². The minimum atomic E-state index is 0.468.